The van der Waals surface area contributed by atoms with Gasteiger partial charge in [0.1, 0.15) is 4.53 Å². The van der Waals surface area contributed by atoms with Crippen molar-refractivity contribution in [3.8, 4) is 11.4 Å². The van der Waals surface area contributed by atoms with E-state index in [1.807, 2.05) is 48.5 Å². The van der Waals surface area contributed by atoms with Crippen LogP contribution in [-0.4, -0.2) is 20.5 Å². The van der Waals surface area contributed by atoms with Crippen molar-refractivity contribution in [2.24, 2.45) is 0 Å². The molecule has 0 atom stereocenters. The first-order valence-corrected chi connectivity index (χ1v) is 12.3. The minimum absolute atomic E-state index is 0.212. The van der Waals surface area contributed by atoms with E-state index in [1.165, 1.54) is 15.9 Å². The fourth-order valence-electron chi connectivity index (χ4n) is 4.05. The van der Waals surface area contributed by atoms with Gasteiger partial charge in [0.2, 0.25) is 4.96 Å². The molecular weight excluding hydrogens is 536 g/mol. The highest BCUT2D eigenvalue weighted by molar-refractivity contribution is 9.10. The molecule has 0 N–H and O–H groups in total. The molecule has 5 aromatic rings. The standard InChI is InChI=1S/C25H14BrClN4O2S/c26-16-8-11-19-18(12-16)20(23(32)30(19)13-14-4-2-1-3-5-14)21-24(33)31-25(34-21)28-22(29-31)15-6-9-17(27)10-7-15/h1-12H,13H2. The van der Waals surface area contributed by atoms with Crippen LogP contribution in [0.25, 0.3) is 21.9 Å². The summed E-state index contributed by atoms with van der Waals surface area (Å²) in [6, 6.07) is 22.5. The smallest absolute Gasteiger partial charge is 0.291 e. The van der Waals surface area contributed by atoms with Crippen molar-refractivity contribution >= 4 is 61.0 Å². The van der Waals surface area contributed by atoms with E-state index in [4.69, 9.17) is 11.6 Å². The van der Waals surface area contributed by atoms with Gasteiger partial charge < -0.3 is 4.90 Å². The first-order valence-electron chi connectivity index (χ1n) is 10.3. The average Bonchev–Trinajstić information content (AvgIpc) is 3.46. The fourth-order valence-corrected chi connectivity index (χ4v) is 5.54. The quantitative estimate of drug-likeness (QED) is 0.327. The summed E-state index contributed by atoms with van der Waals surface area (Å²) in [6.07, 6.45) is 0. The number of anilines is 1. The molecule has 3 heterocycles. The highest BCUT2D eigenvalue weighted by Crippen LogP contribution is 2.38. The Balaban J connectivity index is 1.52. The lowest BCUT2D eigenvalue weighted by Crippen LogP contribution is -2.32. The van der Waals surface area contributed by atoms with Crippen molar-refractivity contribution in [3.63, 3.8) is 0 Å². The molecule has 1 aliphatic heterocycles. The summed E-state index contributed by atoms with van der Waals surface area (Å²) in [7, 11) is 0. The molecule has 34 heavy (non-hydrogen) atoms. The number of amides is 1. The van der Waals surface area contributed by atoms with Gasteiger partial charge in [-0.2, -0.15) is 9.50 Å². The Kier molecular flexibility index (Phi) is 5.09. The summed E-state index contributed by atoms with van der Waals surface area (Å²) in [4.78, 5) is 33.7. The van der Waals surface area contributed by atoms with Gasteiger partial charge in [0.05, 0.1) is 17.8 Å². The third kappa shape index (κ3) is 3.46. The van der Waals surface area contributed by atoms with Crippen LogP contribution in [0.2, 0.25) is 5.02 Å². The van der Waals surface area contributed by atoms with Crippen LogP contribution in [-0.2, 0) is 11.3 Å². The molecule has 9 heteroatoms. The van der Waals surface area contributed by atoms with Gasteiger partial charge in [0.15, 0.2) is 5.82 Å². The summed E-state index contributed by atoms with van der Waals surface area (Å²) < 4.78 is 2.43. The van der Waals surface area contributed by atoms with Crippen LogP contribution in [0.1, 0.15) is 11.1 Å². The molecule has 0 bridgehead atoms. The second-order valence-electron chi connectivity index (χ2n) is 7.79. The predicted octanol–water partition coefficient (Wildman–Crippen LogP) is 4.70. The predicted molar refractivity (Wildman–Crippen MR) is 137 cm³/mol. The Morgan fingerprint density at radius 3 is 2.47 bits per heavy atom. The van der Waals surface area contributed by atoms with Crippen molar-refractivity contribution in [1.82, 2.24) is 14.6 Å². The zero-order chi connectivity index (χ0) is 23.4. The molecule has 6 nitrogen and oxygen atoms in total. The van der Waals surface area contributed by atoms with E-state index in [-0.39, 0.29) is 11.5 Å². The number of fused-ring (bicyclic) bond motifs is 2. The number of benzene rings is 3. The minimum Gasteiger partial charge on any atom is -0.303 e. The summed E-state index contributed by atoms with van der Waals surface area (Å²) in [5, 5.41) is 5.01. The largest absolute Gasteiger partial charge is 0.303 e. The first-order chi connectivity index (χ1) is 16.5. The molecule has 0 spiro atoms. The normalized spacial score (nSPS) is 14.8. The van der Waals surface area contributed by atoms with Gasteiger partial charge >= 0.3 is 0 Å². The van der Waals surface area contributed by atoms with E-state index in [2.05, 4.69) is 26.0 Å². The highest BCUT2D eigenvalue weighted by Gasteiger charge is 2.34. The van der Waals surface area contributed by atoms with Crippen molar-refractivity contribution in [3.05, 3.63) is 108 Å². The molecule has 0 saturated heterocycles. The summed E-state index contributed by atoms with van der Waals surface area (Å²) >= 11 is 10.6. The van der Waals surface area contributed by atoms with Crippen molar-refractivity contribution < 1.29 is 4.79 Å². The maximum absolute atomic E-state index is 13.6. The molecule has 3 aromatic carbocycles. The number of halogens is 2. The maximum Gasteiger partial charge on any atom is 0.291 e. The van der Waals surface area contributed by atoms with Gasteiger partial charge in [0, 0.05) is 20.6 Å². The fraction of sp³-hybridized carbons (Fsp3) is 0.0400. The van der Waals surface area contributed by atoms with Crippen molar-refractivity contribution in [2.45, 2.75) is 6.54 Å². The number of rotatable bonds is 3. The number of hydrogen-bond donors (Lipinski definition) is 0. The second-order valence-corrected chi connectivity index (χ2v) is 10.1. The van der Waals surface area contributed by atoms with Crippen LogP contribution in [0.4, 0.5) is 5.69 Å². The summed E-state index contributed by atoms with van der Waals surface area (Å²) in [5.41, 5.74) is 3.27. The van der Waals surface area contributed by atoms with E-state index in [0.29, 0.717) is 32.5 Å². The minimum atomic E-state index is -0.358. The molecule has 1 aliphatic rings. The van der Waals surface area contributed by atoms with Gasteiger partial charge in [-0.1, -0.05) is 69.2 Å². The van der Waals surface area contributed by atoms with E-state index >= 15 is 0 Å². The van der Waals surface area contributed by atoms with E-state index in [1.54, 1.807) is 29.2 Å². The Labute approximate surface area is 210 Å². The summed E-state index contributed by atoms with van der Waals surface area (Å²) in [6.45, 7) is 0.410. The van der Waals surface area contributed by atoms with Crippen molar-refractivity contribution in [1.29, 1.82) is 0 Å². The van der Waals surface area contributed by atoms with Gasteiger partial charge in [0.25, 0.3) is 11.5 Å². The third-order valence-corrected chi connectivity index (χ3v) is 7.42. The zero-order valence-corrected chi connectivity index (χ0v) is 20.6. The molecular formula is C25H14BrClN4O2S. The van der Waals surface area contributed by atoms with Gasteiger partial charge in [-0.3, -0.25) is 9.59 Å². The first kappa shape index (κ1) is 21.2. The third-order valence-electron chi connectivity index (χ3n) is 5.65. The lowest BCUT2D eigenvalue weighted by molar-refractivity contribution is -0.113. The van der Waals surface area contributed by atoms with Crippen LogP contribution in [0, 0.1) is 0 Å². The van der Waals surface area contributed by atoms with Crippen molar-refractivity contribution in [2.75, 3.05) is 4.90 Å². The van der Waals surface area contributed by atoms with Crippen LogP contribution in [0.15, 0.2) is 82.1 Å². The monoisotopic (exact) mass is 548 g/mol. The van der Waals surface area contributed by atoms with E-state index < -0.39 is 0 Å². The number of hydrogen-bond acceptors (Lipinski definition) is 5. The molecule has 0 saturated carbocycles. The molecule has 1 amide bonds. The Hall–Kier alpha value is -3.33. The van der Waals surface area contributed by atoms with Gasteiger partial charge in [-0.05, 0) is 48.0 Å². The van der Waals surface area contributed by atoms with E-state index in [9.17, 15) is 9.59 Å². The molecule has 0 unspecified atom stereocenters. The lowest BCUT2D eigenvalue weighted by Gasteiger charge is -2.17. The number of thiazole rings is 1. The Morgan fingerprint density at radius 1 is 0.971 bits per heavy atom. The second kappa shape index (κ2) is 8.16. The molecule has 0 radical (unpaired) electrons. The Bertz CT molecular complexity index is 1700. The summed E-state index contributed by atoms with van der Waals surface area (Å²) in [5.74, 6) is 0.222. The lowest BCUT2D eigenvalue weighted by atomic mass is 10.1. The molecule has 6 rings (SSSR count). The highest BCUT2D eigenvalue weighted by atomic mass is 79.9. The molecule has 166 valence electrons. The molecule has 0 aliphatic carbocycles. The maximum atomic E-state index is 13.6. The van der Waals surface area contributed by atoms with Crippen LogP contribution in [0.3, 0.4) is 0 Å². The molecule has 2 aromatic heterocycles. The average molecular weight is 550 g/mol. The molecule has 0 fully saturated rings. The SMILES string of the molecule is O=C1C(=c2sc3nc(-c4ccc(Cl)cc4)nn3c2=O)c2cc(Br)ccc2N1Cc1ccccc1. The number of nitrogens with zero attached hydrogens (tertiary/aromatic N) is 4. The zero-order valence-electron chi connectivity index (χ0n) is 17.4. The van der Waals surface area contributed by atoms with Gasteiger partial charge in [-0.15, -0.1) is 5.10 Å². The van der Waals surface area contributed by atoms with Crippen LogP contribution in [0.5, 0.6) is 0 Å². The number of carbonyl (C=O) groups excluding carboxylic acids is 1. The van der Waals surface area contributed by atoms with E-state index in [0.717, 1.165) is 26.9 Å². The Morgan fingerprint density at radius 2 is 1.74 bits per heavy atom. The van der Waals surface area contributed by atoms with Crippen LogP contribution >= 0.6 is 38.9 Å². The number of carbonyl (C=O) groups is 1. The topological polar surface area (TPSA) is 67.6 Å². The van der Waals surface area contributed by atoms with Crippen LogP contribution < -0.4 is 15.0 Å². The van der Waals surface area contributed by atoms with Gasteiger partial charge in [-0.25, -0.2) is 0 Å². The number of aromatic nitrogens is 3.